The Morgan fingerprint density at radius 2 is 2.08 bits per heavy atom. The van der Waals surface area contributed by atoms with E-state index in [1.807, 2.05) is 18.2 Å². The van der Waals surface area contributed by atoms with Crippen LogP contribution in [-0.4, -0.2) is 41.8 Å². The molecule has 0 aliphatic carbocycles. The summed E-state index contributed by atoms with van der Waals surface area (Å²) in [6.07, 6.45) is 0.527. The van der Waals surface area contributed by atoms with Crippen molar-refractivity contribution < 1.29 is 13.2 Å². The van der Waals surface area contributed by atoms with Crippen LogP contribution in [-0.2, 0) is 16.4 Å². The maximum absolute atomic E-state index is 12.4. The zero-order valence-electron chi connectivity index (χ0n) is 14.2. The van der Waals surface area contributed by atoms with Crippen LogP contribution in [0.3, 0.4) is 0 Å². The van der Waals surface area contributed by atoms with Gasteiger partial charge in [-0.05, 0) is 25.0 Å². The fourth-order valence-electron chi connectivity index (χ4n) is 2.78. The second-order valence-electron chi connectivity index (χ2n) is 6.20. The number of nitrogens with zero attached hydrogens (tertiary/aromatic N) is 2. The lowest BCUT2D eigenvalue weighted by Crippen LogP contribution is -2.26. The van der Waals surface area contributed by atoms with Crippen LogP contribution >= 0.6 is 11.6 Å². The molecule has 0 radical (unpaired) electrons. The molecular formula is C17H19ClN4O3S. The minimum Gasteiger partial charge on any atom is -0.366 e. The first-order valence-corrected chi connectivity index (χ1v) is 10.4. The van der Waals surface area contributed by atoms with Crippen molar-refractivity contribution in [2.24, 2.45) is 0 Å². The summed E-state index contributed by atoms with van der Waals surface area (Å²) in [5.74, 6) is 0.767. The van der Waals surface area contributed by atoms with Crippen molar-refractivity contribution in [1.82, 2.24) is 15.3 Å². The van der Waals surface area contributed by atoms with Gasteiger partial charge in [0.2, 0.25) is 0 Å². The van der Waals surface area contributed by atoms with Crippen molar-refractivity contribution >= 4 is 33.2 Å². The minimum atomic E-state index is -2.99. The normalized spacial score (nSPS) is 18.5. The van der Waals surface area contributed by atoms with Crippen molar-refractivity contribution in [2.45, 2.75) is 25.9 Å². The lowest BCUT2D eigenvalue weighted by molar-refractivity contribution is 0.0945. The highest BCUT2D eigenvalue weighted by Gasteiger charge is 2.28. The van der Waals surface area contributed by atoms with Crippen molar-refractivity contribution in [2.75, 3.05) is 16.8 Å². The molecule has 138 valence electrons. The molecule has 9 heteroatoms. The Balaban J connectivity index is 1.68. The number of halogens is 1. The second-order valence-corrected chi connectivity index (χ2v) is 8.84. The molecule has 1 unspecified atom stereocenters. The summed E-state index contributed by atoms with van der Waals surface area (Å²) < 4.78 is 23.1. The van der Waals surface area contributed by atoms with Gasteiger partial charge in [-0.3, -0.25) is 4.79 Å². The van der Waals surface area contributed by atoms with Gasteiger partial charge in [0, 0.05) is 23.7 Å². The molecule has 3 rings (SSSR count). The highest BCUT2D eigenvalue weighted by molar-refractivity contribution is 7.91. The molecule has 0 spiro atoms. The first kappa shape index (κ1) is 18.6. The van der Waals surface area contributed by atoms with E-state index in [0.717, 1.165) is 5.56 Å². The molecule has 2 aromatic rings. The van der Waals surface area contributed by atoms with Crippen LogP contribution < -0.4 is 10.6 Å². The molecule has 1 aliphatic heterocycles. The van der Waals surface area contributed by atoms with E-state index in [2.05, 4.69) is 20.6 Å². The van der Waals surface area contributed by atoms with Crippen molar-refractivity contribution in [3.63, 3.8) is 0 Å². The lowest BCUT2D eigenvalue weighted by Gasteiger charge is -2.13. The van der Waals surface area contributed by atoms with Crippen LogP contribution in [0.1, 0.15) is 28.3 Å². The van der Waals surface area contributed by atoms with E-state index in [-0.39, 0.29) is 35.7 Å². The predicted octanol–water partition coefficient (Wildman–Crippen LogP) is 1.97. The Bertz CT molecular complexity index is 933. The number of anilines is 1. The highest BCUT2D eigenvalue weighted by atomic mass is 35.5. The van der Waals surface area contributed by atoms with Gasteiger partial charge in [-0.2, -0.15) is 0 Å². The van der Waals surface area contributed by atoms with E-state index in [1.165, 1.54) is 6.07 Å². The molecule has 2 heterocycles. The van der Waals surface area contributed by atoms with Crippen LogP contribution in [0.15, 0.2) is 30.3 Å². The molecule has 1 amide bonds. The summed E-state index contributed by atoms with van der Waals surface area (Å²) in [5.41, 5.74) is 1.02. The standard InChI is InChI=1S/C17H19ClN4O3S/c1-11-20-15(17(23)19-9-12-4-2-3-5-14(12)18)8-16(21-11)22-13-6-7-26(24,25)10-13/h2-5,8,13H,6-7,9-10H2,1H3,(H,19,23)(H,20,21,22). The number of aryl methyl sites for hydroxylation is 1. The van der Waals surface area contributed by atoms with Crippen molar-refractivity contribution in [3.05, 3.63) is 52.4 Å². The fourth-order valence-corrected chi connectivity index (χ4v) is 4.66. The monoisotopic (exact) mass is 394 g/mol. The Kier molecular flexibility index (Phi) is 5.43. The first-order valence-electron chi connectivity index (χ1n) is 8.17. The second kappa shape index (κ2) is 7.59. The maximum Gasteiger partial charge on any atom is 0.270 e. The van der Waals surface area contributed by atoms with Crippen LogP contribution in [0.5, 0.6) is 0 Å². The molecule has 0 bridgehead atoms. The number of nitrogens with one attached hydrogen (secondary N) is 2. The van der Waals surface area contributed by atoms with Gasteiger partial charge in [0.15, 0.2) is 9.84 Å². The Labute approximate surface area is 157 Å². The summed E-state index contributed by atoms with van der Waals surface area (Å²) in [7, 11) is -2.99. The van der Waals surface area contributed by atoms with Gasteiger partial charge in [-0.25, -0.2) is 18.4 Å². The van der Waals surface area contributed by atoms with Gasteiger partial charge in [0.05, 0.1) is 11.5 Å². The molecule has 0 saturated carbocycles. The fraction of sp³-hybridized carbons (Fsp3) is 0.353. The van der Waals surface area contributed by atoms with Crippen LogP contribution in [0.25, 0.3) is 0 Å². The topological polar surface area (TPSA) is 101 Å². The van der Waals surface area contributed by atoms with Crippen LogP contribution in [0.4, 0.5) is 5.82 Å². The largest absolute Gasteiger partial charge is 0.366 e. The molecule has 1 atom stereocenters. The smallest absolute Gasteiger partial charge is 0.270 e. The van der Waals surface area contributed by atoms with E-state index in [0.29, 0.717) is 23.1 Å². The third-order valence-corrected chi connectivity index (χ3v) is 6.19. The summed E-state index contributed by atoms with van der Waals surface area (Å²) in [6.45, 7) is 1.96. The van der Waals surface area contributed by atoms with Crippen molar-refractivity contribution in [3.8, 4) is 0 Å². The third-order valence-electron chi connectivity index (χ3n) is 4.05. The number of aromatic nitrogens is 2. The van der Waals surface area contributed by atoms with Gasteiger partial charge in [-0.15, -0.1) is 0 Å². The molecular weight excluding hydrogens is 376 g/mol. The van der Waals surface area contributed by atoms with Gasteiger partial charge >= 0.3 is 0 Å². The molecule has 1 aromatic carbocycles. The minimum absolute atomic E-state index is 0.0735. The SMILES string of the molecule is Cc1nc(NC2CCS(=O)(=O)C2)cc(C(=O)NCc2ccccc2Cl)n1. The van der Waals surface area contributed by atoms with E-state index in [9.17, 15) is 13.2 Å². The average molecular weight is 395 g/mol. The summed E-state index contributed by atoms with van der Waals surface area (Å²) in [5, 5.41) is 6.44. The summed E-state index contributed by atoms with van der Waals surface area (Å²) >= 11 is 6.09. The Morgan fingerprint density at radius 3 is 2.77 bits per heavy atom. The first-order chi connectivity index (χ1) is 12.3. The van der Waals surface area contributed by atoms with E-state index < -0.39 is 9.84 Å². The quantitative estimate of drug-likeness (QED) is 0.804. The van der Waals surface area contributed by atoms with Gasteiger partial charge in [0.25, 0.3) is 5.91 Å². The molecule has 2 N–H and O–H groups in total. The number of sulfone groups is 1. The predicted molar refractivity (Wildman–Crippen MR) is 100 cm³/mol. The summed E-state index contributed by atoms with van der Waals surface area (Å²) in [6, 6.07) is 8.59. The van der Waals surface area contributed by atoms with Gasteiger partial charge in [-0.1, -0.05) is 29.8 Å². The van der Waals surface area contributed by atoms with E-state index in [1.54, 1.807) is 13.0 Å². The Hall–Kier alpha value is -2.19. The summed E-state index contributed by atoms with van der Waals surface area (Å²) in [4.78, 5) is 20.8. The highest BCUT2D eigenvalue weighted by Crippen LogP contribution is 2.17. The molecule has 1 aliphatic rings. The number of rotatable bonds is 5. The Morgan fingerprint density at radius 1 is 1.31 bits per heavy atom. The molecule has 1 saturated heterocycles. The number of carbonyl (C=O) groups excluding carboxylic acids is 1. The number of amides is 1. The third kappa shape index (κ3) is 4.70. The van der Waals surface area contributed by atoms with E-state index in [4.69, 9.17) is 11.6 Å². The van der Waals surface area contributed by atoms with Crippen molar-refractivity contribution in [1.29, 1.82) is 0 Å². The van der Waals surface area contributed by atoms with Crippen LogP contribution in [0, 0.1) is 6.92 Å². The maximum atomic E-state index is 12.4. The molecule has 7 nitrogen and oxygen atoms in total. The van der Waals surface area contributed by atoms with Gasteiger partial charge < -0.3 is 10.6 Å². The number of benzene rings is 1. The van der Waals surface area contributed by atoms with Gasteiger partial charge in [0.1, 0.15) is 17.3 Å². The number of hydrogen-bond acceptors (Lipinski definition) is 6. The lowest BCUT2D eigenvalue weighted by atomic mass is 10.2. The number of carbonyl (C=O) groups is 1. The zero-order chi connectivity index (χ0) is 18.7. The average Bonchev–Trinajstić information content (AvgIpc) is 2.92. The van der Waals surface area contributed by atoms with E-state index >= 15 is 0 Å². The zero-order valence-corrected chi connectivity index (χ0v) is 15.8. The molecule has 1 fully saturated rings. The number of hydrogen-bond donors (Lipinski definition) is 2. The molecule has 26 heavy (non-hydrogen) atoms. The van der Waals surface area contributed by atoms with Crippen LogP contribution in [0.2, 0.25) is 5.02 Å². The molecule has 1 aromatic heterocycles.